The summed E-state index contributed by atoms with van der Waals surface area (Å²) < 4.78 is 5.02. The van der Waals surface area contributed by atoms with Crippen LogP contribution in [0, 0.1) is 5.92 Å². The first-order valence-electron chi connectivity index (χ1n) is 10.4. The van der Waals surface area contributed by atoms with Crippen molar-refractivity contribution in [2.75, 3.05) is 19.6 Å². The third-order valence-electron chi connectivity index (χ3n) is 6.12. The van der Waals surface area contributed by atoms with E-state index in [0.717, 1.165) is 37.9 Å². The van der Waals surface area contributed by atoms with E-state index in [9.17, 15) is 14.7 Å². The second-order valence-electron chi connectivity index (χ2n) is 8.30. The largest absolute Gasteiger partial charge is 0.417 e. The summed E-state index contributed by atoms with van der Waals surface area (Å²) in [6, 6.07) is 5.47. The Kier molecular flexibility index (Phi) is 5.82. The van der Waals surface area contributed by atoms with Crippen molar-refractivity contribution < 1.29 is 14.3 Å². The summed E-state index contributed by atoms with van der Waals surface area (Å²) in [6.45, 7) is 2.40. The van der Waals surface area contributed by atoms with Gasteiger partial charge in [-0.2, -0.15) is 0 Å². The van der Waals surface area contributed by atoms with Gasteiger partial charge in [-0.05, 0) is 42.9 Å². The zero-order chi connectivity index (χ0) is 19.5. The van der Waals surface area contributed by atoms with E-state index < -0.39 is 5.76 Å². The number of oxazole rings is 1. The van der Waals surface area contributed by atoms with Gasteiger partial charge >= 0.3 is 5.76 Å². The molecule has 2 aromatic rings. The minimum absolute atomic E-state index is 0.000473. The molecule has 1 amide bonds. The van der Waals surface area contributed by atoms with Gasteiger partial charge < -0.3 is 14.8 Å². The average Bonchev–Trinajstić information content (AvgIpc) is 3.25. The highest BCUT2D eigenvalue weighted by atomic mass is 16.4. The first-order valence-corrected chi connectivity index (χ1v) is 10.4. The van der Waals surface area contributed by atoms with E-state index in [-0.39, 0.29) is 24.5 Å². The molecule has 7 heteroatoms. The third-order valence-corrected chi connectivity index (χ3v) is 6.12. The van der Waals surface area contributed by atoms with Crippen LogP contribution < -0.4 is 11.1 Å². The summed E-state index contributed by atoms with van der Waals surface area (Å²) in [7, 11) is 0. The number of hydrogen-bond donors (Lipinski definition) is 3. The quantitative estimate of drug-likeness (QED) is 0.702. The second kappa shape index (κ2) is 8.49. The van der Waals surface area contributed by atoms with Crippen LogP contribution in [-0.4, -0.2) is 52.7 Å². The molecule has 3 N–H and O–H groups in total. The number of rotatable bonds is 6. The van der Waals surface area contributed by atoms with Crippen LogP contribution in [0.1, 0.15) is 44.1 Å². The van der Waals surface area contributed by atoms with Gasteiger partial charge in [0.25, 0.3) is 0 Å². The highest BCUT2D eigenvalue weighted by Gasteiger charge is 2.29. The van der Waals surface area contributed by atoms with Crippen LogP contribution in [-0.2, 0) is 11.2 Å². The highest BCUT2D eigenvalue weighted by Crippen LogP contribution is 2.27. The molecule has 2 aliphatic rings. The summed E-state index contributed by atoms with van der Waals surface area (Å²) in [5.74, 6) is 0.0189. The normalized spacial score (nSPS) is 22.5. The predicted octanol–water partition coefficient (Wildman–Crippen LogP) is 1.80. The molecule has 2 fully saturated rings. The molecule has 7 nitrogen and oxygen atoms in total. The van der Waals surface area contributed by atoms with E-state index >= 15 is 0 Å². The molecule has 0 radical (unpaired) electrons. The Balaban J connectivity index is 1.41. The number of carbonyl (C=O) groups is 1. The van der Waals surface area contributed by atoms with E-state index in [4.69, 9.17) is 4.42 Å². The lowest BCUT2D eigenvalue weighted by atomic mass is 9.83. The Bertz CT molecular complexity index is 868. The number of amides is 1. The van der Waals surface area contributed by atoms with Gasteiger partial charge in [-0.3, -0.25) is 14.7 Å². The van der Waals surface area contributed by atoms with Crippen molar-refractivity contribution in [3.8, 4) is 0 Å². The number of aromatic amines is 1. The summed E-state index contributed by atoms with van der Waals surface area (Å²) in [6.07, 6.45) is 6.89. The Morgan fingerprint density at radius 3 is 2.86 bits per heavy atom. The zero-order valence-electron chi connectivity index (χ0n) is 16.2. The number of aliphatic hydroxyl groups excluding tert-OH is 1. The van der Waals surface area contributed by atoms with Crippen molar-refractivity contribution in [1.82, 2.24) is 15.2 Å². The van der Waals surface area contributed by atoms with Crippen molar-refractivity contribution >= 4 is 17.0 Å². The highest BCUT2D eigenvalue weighted by molar-refractivity contribution is 5.81. The molecule has 1 aromatic carbocycles. The van der Waals surface area contributed by atoms with E-state index in [2.05, 4.69) is 15.2 Å². The van der Waals surface area contributed by atoms with E-state index in [1.165, 1.54) is 19.3 Å². The molecular formula is C21H29N3O4. The Labute approximate surface area is 164 Å². The Morgan fingerprint density at radius 2 is 2.11 bits per heavy atom. The fourth-order valence-corrected chi connectivity index (χ4v) is 4.66. The van der Waals surface area contributed by atoms with Crippen LogP contribution in [0.2, 0.25) is 0 Å². The van der Waals surface area contributed by atoms with Gasteiger partial charge in [0.2, 0.25) is 5.91 Å². The third kappa shape index (κ3) is 4.64. The Morgan fingerprint density at radius 1 is 1.29 bits per heavy atom. The maximum absolute atomic E-state index is 12.8. The number of β-amino-alcohol motifs (C(OH)–C–C–N with tert-alkyl or cyclic N) is 1. The number of H-pyrrole nitrogens is 1. The summed E-state index contributed by atoms with van der Waals surface area (Å²) in [5, 5.41) is 13.1. The number of fused-ring (bicyclic) bond motifs is 1. The molecule has 1 aliphatic carbocycles. The molecule has 1 saturated heterocycles. The van der Waals surface area contributed by atoms with Gasteiger partial charge in [0.1, 0.15) is 0 Å². The second-order valence-corrected chi connectivity index (χ2v) is 8.30. The maximum atomic E-state index is 12.8. The number of benzene rings is 1. The molecule has 2 atom stereocenters. The summed E-state index contributed by atoms with van der Waals surface area (Å²) >= 11 is 0. The zero-order valence-corrected chi connectivity index (χ0v) is 16.2. The van der Waals surface area contributed by atoms with E-state index in [1.54, 1.807) is 12.1 Å². The molecule has 4 rings (SSSR count). The molecule has 0 bridgehead atoms. The maximum Gasteiger partial charge on any atom is 0.417 e. The number of carbonyl (C=O) groups excluding carboxylic acids is 1. The molecule has 1 aliphatic heterocycles. The number of nitrogens with one attached hydrogen (secondary N) is 2. The summed E-state index contributed by atoms with van der Waals surface area (Å²) in [4.78, 5) is 29.0. The van der Waals surface area contributed by atoms with Crippen LogP contribution in [0.15, 0.2) is 27.4 Å². The van der Waals surface area contributed by atoms with Crippen LogP contribution in [0.4, 0.5) is 0 Å². The first-order chi connectivity index (χ1) is 13.6. The van der Waals surface area contributed by atoms with E-state index in [0.29, 0.717) is 23.6 Å². The van der Waals surface area contributed by atoms with Crippen molar-refractivity contribution in [2.45, 2.75) is 57.1 Å². The molecule has 1 aromatic heterocycles. The fourth-order valence-electron chi connectivity index (χ4n) is 4.66. The molecule has 0 spiro atoms. The van der Waals surface area contributed by atoms with Crippen LogP contribution in [0.5, 0.6) is 0 Å². The SMILES string of the molecule is O=C(Cc1ccc2oc(=O)[nH]c2c1)NC(CN1CC[C@H](O)C1)C1CCCCC1. The number of hydrogen-bond acceptors (Lipinski definition) is 5. The van der Waals surface area contributed by atoms with Crippen molar-refractivity contribution in [2.24, 2.45) is 5.92 Å². The molecule has 1 unspecified atom stereocenters. The van der Waals surface area contributed by atoms with Crippen LogP contribution >= 0.6 is 0 Å². The van der Waals surface area contributed by atoms with Gasteiger partial charge in [-0.15, -0.1) is 0 Å². The number of likely N-dealkylation sites (tertiary alicyclic amines) is 1. The summed E-state index contributed by atoms with van der Waals surface area (Å²) in [5.41, 5.74) is 1.97. The minimum atomic E-state index is -0.484. The molecule has 1 saturated carbocycles. The molecule has 152 valence electrons. The van der Waals surface area contributed by atoms with Gasteiger partial charge in [0, 0.05) is 25.7 Å². The number of aliphatic hydroxyl groups is 1. The van der Waals surface area contributed by atoms with Gasteiger partial charge in [0.05, 0.1) is 18.0 Å². The molecular weight excluding hydrogens is 358 g/mol. The monoisotopic (exact) mass is 387 g/mol. The van der Waals surface area contributed by atoms with Crippen LogP contribution in [0.3, 0.4) is 0 Å². The van der Waals surface area contributed by atoms with Crippen molar-refractivity contribution in [1.29, 1.82) is 0 Å². The lowest BCUT2D eigenvalue weighted by Crippen LogP contribution is -2.48. The van der Waals surface area contributed by atoms with Gasteiger partial charge in [-0.1, -0.05) is 25.3 Å². The fraction of sp³-hybridized carbons (Fsp3) is 0.619. The number of aromatic nitrogens is 1. The molecule has 2 heterocycles. The predicted molar refractivity (Wildman–Crippen MR) is 106 cm³/mol. The van der Waals surface area contributed by atoms with Gasteiger partial charge in [0.15, 0.2) is 5.58 Å². The smallest absolute Gasteiger partial charge is 0.408 e. The standard InChI is InChI=1S/C21H29N3O4/c25-16-8-9-24(12-16)13-18(15-4-2-1-3-5-15)22-20(26)11-14-6-7-19-17(10-14)23-21(27)28-19/h6-7,10,15-16,18,25H,1-5,8-9,11-13H2,(H,22,26)(H,23,27)/t16-,18?/m0/s1. The topological polar surface area (TPSA) is 98.6 Å². The van der Waals surface area contributed by atoms with Gasteiger partial charge in [-0.25, -0.2) is 4.79 Å². The van der Waals surface area contributed by atoms with Crippen molar-refractivity contribution in [3.05, 3.63) is 34.3 Å². The van der Waals surface area contributed by atoms with E-state index in [1.807, 2.05) is 6.07 Å². The minimum Gasteiger partial charge on any atom is -0.408 e. The van der Waals surface area contributed by atoms with Crippen LogP contribution in [0.25, 0.3) is 11.1 Å². The van der Waals surface area contributed by atoms with Crippen molar-refractivity contribution in [3.63, 3.8) is 0 Å². The Hall–Kier alpha value is -2.12. The molecule has 28 heavy (non-hydrogen) atoms. The number of nitrogens with zero attached hydrogens (tertiary/aromatic N) is 1. The average molecular weight is 387 g/mol. The lowest BCUT2D eigenvalue weighted by Gasteiger charge is -2.33. The first kappa shape index (κ1) is 19.2. The lowest BCUT2D eigenvalue weighted by molar-refractivity contribution is -0.121.